The standard InChI is InChI=1S/C15H19N3S/c16-15(17)7-10-18(14-4-2-1-3-5-14)9-6-13-8-11-19-12-13/h1-5,8,11-12H,6-7,9-10H2,(H3,16,17). The molecule has 0 bridgehead atoms. The fourth-order valence-electron chi connectivity index (χ4n) is 1.96. The van der Waals surface area contributed by atoms with Crippen LogP contribution in [0.25, 0.3) is 0 Å². The lowest BCUT2D eigenvalue weighted by Crippen LogP contribution is -2.29. The van der Waals surface area contributed by atoms with E-state index in [0.29, 0.717) is 6.42 Å². The van der Waals surface area contributed by atoms with Gasteiger partial charge in [0.2, 0.25) is 0 Å². The molecular weight excluding hydrogens is 254 g/mol. The molecule has 0 atom stereocenters. The summed E-state index contributed by atoms with van der Waals surface area (Å²) in [5.41, 5.74) is 8.03. The van der Waals surface area contributed by atoms with Crippen molar-refractivity contribution in [3.8, 4) is 0 Å². The first-order chi connectivity index (χ1) is 9.25. The third-order valence-electron chi connectivity index (χ3n) is 3.02. The first kappa shape index (κ1) is 13.6. The fraction of sp³-hybridized carbons (Fsp3) is 0.267. The Labute approximate surface area is 118 Å². The molecule has 0 saturated carbocycles. The Morgan fingerprint density at radius 3 is 2.58 bits per heavy atom. The Hall–Kier alpha value is -1.81. The molecule has 2 aromatic rings. The van der Waals surface area contributed by atoms with Crippen molar-refractivity contribution < 1.29 is 0 Å². The molecule has 3 N–H and O–H groups in total. The van der Waals surface area contributed by atoms with Gasteiger partial charge in [0, 0.05) is 25.2 Å². The van der Waals surface area contributed by atoms with Crippen LogP contribution in [0.4, 0.5) is 5.69 Å². The largest absolute Gasteiger partial charge is 0.388 e. The summed E-state index contributed by atoms with van der Waals surface area (Å²) in [6, 6.07) is 12.5. The van der Waals surface area contributed by atoms with Crippen LogP contribution in [0, 0.1) is 5.41 Å². The van der Waals surface area contributed by atoms with Crippen LogP contribution < -0.4 is 10.6 Å². The number of nitrogens with zero attached hydrogens (tertiary/aromatic N) is 1. The van der Waals surface area contributed by atoms with Crippen LogP contribution in [0.5, 0.6) is 0 Å². The Morgan fingerprint density at radius 2 is 1.95 bits per heavy atom. The summed E-state index contributed by atoms with van der Waals surface area (Å²) in [6.45, 7) is 1.75. The van der Waals surface area contributed by atoms with E-state index in [0.717, 1.165) is 19.5 Å². The van der Waals surface area contributed by atoms with Crippen LogP contribution in [0.3, 0.4) is 0 Å². The van der Waals surface area contributed by atoms with Gasteiger partial charge in [0.15, 0.2) is 0 Å². The Bertz CT molecular complexity index is 493. The number of nitrogens with one attached hydrogen (secondary N) is 1. The van der Waals surface area contributed by atoms with Gasteiger partial charge in [0.25, 0.3) is 0 Å². The zero-order valence-corrected chi connectivity index (χ0v) is 11.7. The number of benzene rings is 1. The van der Waals surface area contributed by atoms with Gasteiger partial charge in [-0.15, -0.1) is 0 Å². The van der Waals surface area contributed by atoms with E-state index in [9.17, 15) is 0 Å². The zero-order valence-electron chi connectivity index (χ0n) is 10.9. The fourth-order valence-corrected chi connectivity index (χ4v) is 2.67. The molecule has 0 unspecified atom stereocenters. The van der Waals surface area contributed by atoms with Crippen molar-refractivity contribution in [1.29, 1.82) is 5.41 Å². The number of amidine groups is 1. The minimum Gasteiger partial charge on any atom is -0.388 e. The van der Waals surface area contributed by atoms with Crippen molar-refractivity contribution in [2.75, 3.05) is 18.0 Å². The molecule has 1 heterocycles. The third kappa shape index (κ3) is 4.41. The topological polar surface area (TPSA) is 53.1 Å². The van der Waals surface area contributed by atoms with E-state index < -0.39 is 0 Å². The highest BCUT2D eigenvalue weighted by Crippen LogP contribution is 2.15. The molecule has 0 radical (unpaired) electrons. The summed E-state index contributed by atoms with van der Waals surface area (Å²) in [6.07, 6.45) is 1.63. The lowest BCUT2D eigenvalue weighted by Gasteiger charge is -2.24. The van der Waals surface area contributed by atoms with Crippen LogP contribution in [0.15, 0.2) is 47.2 Å². The molecule has 4 heteroatoms. The molecule has 0 aliphatic rings. The average molecular weight is 273 g/mol. The van der Waals surface area contributed by atoms with Crippen molar-refractivity contribution in [1.82, 2.24) is 0 Å². The lowest BCUT2D eigenvalue weighted by molar-refractivity contribution is 0.786. The normalized spacial score (nSPS) is 10.3. The van der Waals surface area contributed by atoms with E-state index in [1.54, 1.807) is 11.3 Å². The van der Waals surface area contributed by atoms with Gasteiger partial charge in [-0.3, -0.25) is 5.41 Å². The van der Waals surface area contributed by atoms with Crippen molar-refractivity contribution in [2.24, 2.45) is 5.73 Å². The summed E-state index contributed by atoms with van der Waals surface area (Å²) < 4.78 is 0. The molecule has 3 nitrogen and oxygen atoms in total. The van der Waals surface area contributed by atoms with Gasteiger partial charge >= 0.3 is 0 Å². The van der Waals surface area contributed by atoms with Crippen LogP contribution in [0.1, 0.15) is 12.0 Å². The quantitative estimate of drug-likeness (QED) is 0.601. The summed E-state index contributed by atoms with van der Waals surface area (Å²) in [7, 11) is 0. The SMILES string of the molecule is N=C(N)CCN(CCc1ccsc1)c1ccccc1. The van der Waals surface area contributed by atoms with Gasteiger partial charge < -0.3 is 10.6 Å². The maximum atomic E-state index is 7.37. The Morgan fingerprint density at radius 1 is 1.16 bits per heavy atom. The second-order valence-corrected chi connectivity index (χ2v) is 5.26. The summed E-state index contributed by atoms with van der Waals surface area (Å²) >= 11 is 1.73. The maximum Gasteiger partial charge on any atom is 0.0923 e. The van der Waals surface area contributed by atoms with Gasteiger partial charge in [-0.1, -0.05) is 18.2 Å². The van der Waals surface area contributed by atoms with Gasteiger partial charge in [-0.2, -0.15) is 11.3 Å². The van der Waals surface area contributed by atoms with E-state index in [1.807, 2.05) is 18.2 Å². The summed E-state index contributed by atoms with van der Waals surface area (Å²) in [5, 5.41) is 11.7. The van der Waals surface area contributed by atoms with Crippen molar-refractivity contribution in [3.05, 3.63) is 52.7 Å². The van der Waals surface area contributed by atoms with Gasteiger partial charge in [0.05, 0.1) is 5.84 Å². The smallest absolute Gasteiger partial charge is 0.0923 e. The van der Waals surface area contributed by atoms with Crippen LogP contribution in [0.2, 0.25) is 0 Å². The minimum atomic E-state index is 0.247. The number of nitrogens with two attached hydrogens (primary N) is 1. The number of anilines is 1. The Kier molecular flexibility index (Phi) is 4.98. The molecule has 100 valence electrons. The average Bonchev–Trinajstić information content (AvgIpc) is 2.93. The second-order valence-electron chi connectivity index (χ2n) is 4.48. The Balaban J connectivity index is 1.99. The molecule has 0 aliphatic heterocycles. The van der Waals surface area contributed by atoms with Gasteiger partial charge in [-0.05, 0) is 40.9 Å². The minimum absolute atomic E-state index is 0.247. The van der Waals surface area contributed by atoms with E-state index >= 15 is 0 Å². The van der Waals surface area contributed by atoms with E-state index in [-0.39, 0.29) is 5.84 Å². The first-order valence-electron chi connectivity index (χ1n) is 6.39. The summed E-state index contributed by atoms with van der Waals surface area (Å²) in [5.74, 6) is 0.247. The molecule has 1 aromatic heterocycles. The molecule has 0 saturated heterocycles. The predicted octanol–water partition coefficient (Wildman–Crippen LogP) is 3.12. The zero-order chi connectivity index (χ0) is 13.5. The predicted molar refractivity (Wildman–Crippen MR) is 83.2 cm³/mol. The molecule has 0 amide bonds. The van der Waals surface area contributed by atoms with Crippen LogP contribution in [-0.4, -0.2) is 18.9 Å². The molecule has 0 fully saturated rings. The second kappa shape index (κ2) is 6.95. The number of para-hydroxylation sites is 1. The maximum absolute atomic E-state index is 7.37. The molecule has 19 heavy (non-hydrogen) atoms. The van der Waals surface area contributed by atoms with Crippen molar-refractivity contribution in [3.63, 3.8) is 0 Å². The third-order valence-corrected chi connectivity index (χ3v) is 3.75. The first-order valence-corrected chi connectivity index (χ1v) is 7.34. The lowest BCUT2D eigenvalue weighted by atomic mass is 10.2. The molecule has 0 spiro atoms. The highest BCUT2D eigenvalue weighted by Gasteiger charge is 2.07. The number of hydrogen-bond donors (Lipinski definition) is 2. The molecular formula is C15H19N3S. The van der Waals surface area contributed by atoms with Crippen LogP contribution in [-0.2, 0) is 6.42 Å². The summed E-state index contributed by atoms with van der Waals surface area (Å²) in [4.78, 5) is 2.29. The van der Waals surface area contributed by atoms with E-state index in [4.69, 9.17) is 11.1 Å². The number of rotatable bonds is 7. The highest BCUT2D eigenvalue weighted by molar-refractivity contribution is 7.07. The molecule has 0 aliphatic carbocycles. The van der Waals surface area contributed by atoms with E-state index in [1.165, 1.54) is 11.3 Å². The van der Waals surface area contributed by atoms with Gasteiger partial charge in [-0.25, -0.2) is 0 Å². The number of hydrogen-bond acceptors (Lipinski definition) is 3. The van der Waals surface area contributed by atoms with E-state index in [2.05, 4.69) is 33.9 Å². The van der Waals surface area contributed by atoms with Gasteiger partial charge in [0.1, 0.15) is 0 Å². The molecule has 2 rings (SSSR count). The monoisotopic (exact) mass is 273 g/mol. The van der Waals surface area contributed by atoms with Crippen molar-refractivity contribution >= 4 is 22.9 Å². The molecule has 1 aromatic carbocycles. The van der Waals surface area contributed by atoms with Crippen molar-refractivity contribution in [2.45, 2.75) is 12.8 Å². The highest BCUT2D eigenvalue weighted by atomic mass is 32.1. The van der Waals surface area contributed by atoms with Crippen LogP contribution >= 0.6 is 11.3 Å². The number of thiophene rings is 1.